The van der Waals surface area contributed by atoms with E-state index in [4.69, 9.17) is 0 Å². The lowest BCUT2D eigenvalue weighted by Crippen LogP contribution is -2.48. The Hall–Kier alpha value is -1.95. The van der Waals surface area contributed by atoms with E-state index in [-0.39, 0.29) is 29.6 Å². The quantitative estimate of drug-likeness (QED) is 0.897. The Balaban J connectivity index is 1.50. The molecule has 142 valence electrons. The molecule has 2 heterocycles. The summed E-state index contributed by atoms with van der Waals surface area (Å²) < 4.78 is 13.6. The first-order valence-electron chi connectivity index (χ1n) is 9.55. The number of hydrogen-bond acceptors (Lipinski definition) is 3. The van der Waals surface area contributed by atoms with Crippen LogP contribution in [0.15, 0.2) is 18.2 Å². The van der Waals surface area contributed by atoms with Gasteiger partial charge in [-0.2, -0.15) is 0 Å². The van der Waals surface area contributed by atoms with Crippen molar-refractivity contribution in [2.24, 2.45) is 5.92 Å². The van der Waals surface area contributed by atoms with Gasteiger partial charge in [-0.3, -0.25) is 14.5 Å². The van der Waals surface area contributed by atoms with Crippen LogP contribution >= 0.6 is 0 Å². The van der Waals surface area contributed by atoms with Gasteiger partial charge in [0.05, 0.1) is 6.04 Å². The molecule has 2 aliphatic rings. The third-order valence-electron chi connectivity index (χ3n) is 5.66. The number of likely N-dealkylation sites (tertiary alicyclic amines) is 2. The van der Waals surface area contributed by atoms with Crippen LogP contribution in [-0.4, -0.2) is 53.8 Å². The molecule has 3 rings (SSSR count). The fraction of sp³-hybridized carbons (Fsp3) is 0.600. The smallest absolute Gasteiger partial charge is 0.241 e. The molecule has 0 radical (unpaired) electrons. The summed E-state index contributed by atoms with van der Waals surface area (Å²) in [5.74, 6) is -0.0885. The molecule has 1 aromatic carbocycles. The summed E-state index contributed by atoms with van der Waals surface area (Å²) in [7, 11) is 0. The van der Waals surface area contributed by atoms with Gasteiger partial charge in [-0.25, -0.2) is 4.39 Å². The van der Waals surface area contributed by atoms with Gasteiger partial charge >= 0.3 is 0 Å². The minimum atomic E-state index is -0.323. The number of anilines is 1. The summed E-state index contributed by atoms with van der Waals surface area (Å²) in [6, 6.07) is 4.41. The zero-order valence-electron chi connectivity index (χ0n) is 15.6. The predicted octanol–water partition coefficient (Wildman–Crippen LogP) is 2.80. The number of carbonyl (C=O) groups is 2. The summed E-state index contributed by atoms with van der Waals surface area (Å²) in [6.45, 7) is 6.82. The molecular weight excluding hydrogens is 333 g/mol. The van der Waals surface area contributed by atoms with Crippen LogP contribution in [0.5, 0.6) is 0 Å². The van der Waals surface area contributed by atoms with Gasteiger partial charge in [-0.05, 0) is 70.3 Å². The van der Waals surface area contributed by atoms with Crippen molar-refractivity contribution in [3.63, 3.8) is 0 Å². The van der Waals surface area contributed by atoms with Crippen LogP contribution < -0.4 is 5.32 Å². The number of halogens is 1. The average Bonchev–Trinajstić information content (AvgIpc) is 3.18. The van der Waals surface area contributed by atoms with Crippen molar-refractivity contribution >= 4 is 17.5 Å². The van der Waals surface area contributed by atoms with Crippen molar-refractivity contribution in [1.29, 1.82) is 0 Å². The van der Waals surface area contributed by atoms with Crippen molar-refractivity contribution in [2.75, 3.05) is 31.5 Å². The highest BCUT2D eigenvalue weighted by Crippen LogP contribution is 2.23. The highest BCUT2D eigenvalue weighted by atomic mass is 19.1. The molecule has 6 heteroatoms. The third-order valence-corrected chi connectivity index (χ3v) is 5.66. The van der Waals surface area contributed by atoms with Crippen molar-refractivity contribution in [2.45, 2.75) is 45.6 Å². The SMILES string of the molecule is Cc1ccc(NC(=O)[C@@H](C)N2CCC(C(=O)N3CCCC3)CC2)cc1F. The summed E-state index contributed by atoms with van der Waals surface area (Å²) >= 11 is 0. The molecule has 2 amide bonds. The van der Waals surface area contributed by atoms with E-state index < -0.39 is 0 Å². The first-order chi connectivity index (χ1) is 12.5. The third kappa shape index (κ3) is 4.23. The van der Waals surface area contributed by atoms with E-state index in [1.54, 1.807) is 19.1 Å². The van der Waals surface area contributed by atoms with Crippen LogP contribution in [0.3, 0.4) is 0 Å². The van der Waals surface area contributed by atoms with Gasteiger partial charge in [0.15, 0.2) is 0 Å². The topological polar surface area (TPSA) is 52.7 Å². The molecule has 2 aliphatic heterocycles. The molecule has 1 aromatic rings. The zero-order chi connectivity index (χ0) is 18.7. The molecule has 0 unspecified atom stereocenters. The highest BCUT2D eigenvalue weighted by Gasteiger charge is 2.32. The summed E-state index contributed by atoms with van der Waals surface area (Å²) in [6.07, 6.45) is 3.82. The lowest BCUT2D eigenvalue weighted by molar-refractivity contribution is -0.136. The van der Waals surface area contributed by atoms with E-state index in [1.165, 1.54) is 6.07 Å². The van der Waals surface area contributed by atoms with E-state index in [2.05, 4.69) is 10.2 Å². The van der Waals surface area contributed by atoms with Crippen molar-refractivity contribution in [3.05, 3.63) is 29.6 Å². The van der Waals surface area contributed by atoms with Gasteiger partial charge in [0.25, 0.3) is 0 Å². The molecule has 0 bridgehead atoms. The maximum Gasteiger partial charge on any atom is 0.241 e. The number of aryl methyl sites for hydroxylation is 1. The Kier molecular flexibility index (Phi) is 5.91. The van der Waals surface area contributed by atoms with Gasteiger partial charge in [-0.15, -0.1) is 0 Å². The second kappa shape index (κ2) is 8.16. The molecule has 5 nitrogen and oxygen atoms in total. The number of carbonyl (C=O) groups excluding carboxylic acids is 2. The number of nitrogens with one attached hydrogen (secondary N) is 1. The zero-order valence-corrected chi connectivity index (χ0v) is 15.6. The minimum absolute atomic E-state index is 0.0887. The normalized spacial score (nSPS) is 20.2. The molecule has 2 fully saturated rings. The minimum Gasteiger partial charge on any atom is -0.342 e. The summed E-state index contributed by atoms with van der Waals surface area (Å²) in [5.41, 5.74) is 1.03. The van der Waals surface area contributed by atoms with Crippen LogP contribution in [-0.2, 0) is 9.59 Å². The highest BCUT2D eigenvalue weighted by molar-refractivity contribution is 5.94. The number of rotatable bonds is 4. The largest absolute Gasteiger partial charge is 0.342 e. The Labute approximate surface area is 154 Å². The fourth-order valence-electron chi connectivity index (χ4n) is 3.81. The van der Waals surface area contributed by atoms with Gasteiger partial charge < -0.3 is 10.2 Å². The van der Waals surface area contributed by atoms with Gasteiger partial charge in [-0.1, -0.05) is 6.07 Å². The summed E-state index contributed by atoms with van der Waals surface area (Å²) in [5, 5.41) is 2.79. The number of hydrogen-bond donors (Lipinski definition) is 1. The van der Waals surface area contributed by atoms with E-state index >= 15 is 0 Å². The lowest BCUT2D eigenvalue weighted by Gasteiger charge is -2.36. The molecule has 26 heavy (non-hydrogen) atoms. The second-order valence-corrected chi connectivity index (χ2v) is 7.47. The fourth-order valence-corrected chi connectivity index (χ4v) is 3.81. The monoisotopic (exact) mass is 361 g/mol. The lowest BCUT2D eigenvalue weighted by atomic mass is 9.94. The molecule has 0 saturated carbocycles. The van der Waals surface area contributed by atoms with Crippen LogP contribution in [0.1, 0.15) is 38.2 Å². The maximum absolute atomic E-state index is 13.6. The van der Waals surface area contributed by atoms with Crippen LogP contribution in [0.2, 0.25) is 0 Å². The Morgan fingerprint density at radius 2 is 1.81 bits per heavy atom. The molecule has 1 N–H and O–H groups in total. The molecular formula is C20H28FN3O2. The van der Waals surface area contributed by atoms with Crippen LogP contribution in [0.4, 0.5) is 10.1 Å². The standard InChI is InChI=1S/C20H28FN3O2/c1-14-5-6-17(13-18(14)21)22-19(25)15(2)23-11-7-16(8-12-23)20(26)24-9-3-4-10-24/h5-6,13,15-16H,3-4,7-12H2,1-2H3,(H,22,25)/t15-/m1/s1. The first kappa shape index (κ1) is 18.8. The first-order valence-corrected chi connectivity index (χ1v) is 9.55. The van der Waals surface area contributed by atoms with E-state index in [1.807, 2.05) is 11.8 Å². The average molecular weight is 361 g/mol. The van der Waals surface area contributed by atoms with Gasteiger partial charge in [0.2, 0.25) is 11.8 Å². The van der Waals surface area contributed by atoms with Crippen molar-refractivity contribution < 1.29 is 14.0 Å². The Morgan fingerprint density at radius 3 is 2.42 bits per heavy atom. The number of benzene rings is 1. The van der Waals surface area contributed by atoms with Crippen LogP contribution in [0.25, 0.3) is 0 Å². The molecule has 0 aromatic heterocycles. The van der Waals surface area contributed by atoms with E-state index in [0.29, 0.717) is 11.3 Å². The van der Waals surface area contributed by atoms with Crippen LogP contribution in [0, 0.1) is 18.7 Å². The molecule has 0 spiro atoms. The van der Waals surface area contributed by atoms with Crippen molar-refractivity contribution in [1.82, 2.24) is 9.80 Å². The van der Waals surface area contributed by atoms with E-state index in [0.717, 1.165) is 51.9 Å². The number of amides is 2. The summed E-state index contributed by atoms with van der Waals surface area (Å²) in [4.78, 5) is 29.1. The van der Waals surface area contributed by atoms with Crippen molar-refractivity contribution in [3.8, 4) is 0 Å². The Bertz CT molecular complexity index is 665. The number of piperidine rings is 1. The Morgan fingerprint density at radius 1 is 1.15 bits per heavy atom. The second-order valence-electron chi connectivity index (χ2n) is 7.47. The molecule has 0 aliphatic carbocycles. The van der Waals surface area contributed by atoms with Gasteiger partial charge in [0, 0.05) is 24.7 Å². The molecule has 2 saturated heterocycles. The maximum atomic E-state index is 13.6. The molecule has 1 atom stereocenters. The van der Waals surface area contributed by atoms with Gasteiger partial charge in [0.1, 0.15) is 5.82 Å². The predicted molar refractivity (Wildman–Crippen MR) is 99.3 cm³/mol. The van der Waals surface area contributed by atoms with E-state index in [9.17, 15) is 14.0 Å². The number of nitrogens with zero attached hydrogens (tertiary/aromatic N) is 2.